The number of rotatable bonds is 4. The van der Waals surface area contributed by atoms with Crippen LogP contribution in [0.15, 0.2) is 30.5 Å². The van der Waals surface area contributed by atoms with Crippen molar-refractivity contribution in [3.63, 3.8) is 0 Å². The molecule has 0 N–H and O–H groups in total. The van der Waals surface area contributed by atoms with Crippen molar-refractivity contribution >= 4 is 23.6 Å². The average molecular weight is 414 g/mol. The average Bonchev–Trinajstić information content (AvgIpc) is 3.17. The second kappa shape index (κ2) is 8.21. The van der Waals surface area contributed by atoms with E-state index in [1.54, 1.807) is 6.92 Å². The molecule has 0 aliphatic carbocycles. The summed E-state index contributed by atoms with van der Waals surface area (Å²) in [5.41, 5.74) is -1.27. The smallest absolute Gasteiger partial charge is 0.418 e. The van der Waals surface area contributed by atoms with Gasteiger partial charge in [-0.1, -0.05) is 17.3 Å². The van der Waals surface area contributed by atoms with Gasteiger partial charge in [0.2, 0.25) is 0 Å². The largest absolute Gasteiger partial charge is 0.464 e. The van der Waals surface area contributed by atoms with E-state index in [1.807, 2.05) is 0 Å². The molecular formula is C17H17F3N4O3S. The van der Waals surface area contributed by atoms with Gasteiger partial charge in [0, 0.05) is 18.1 Å². The Morgan fingerprint density at radius 1 is 1.32 bits per heavy atom. The number of carbonyl (C=O) groups is 2. The lowest BCUT2D eigenvalue weighted by Gasteiger charge is -2.33. The van der Waals surface area contributed by atoms with Crippen LogP contribution >= 0.6 is 11.8 Å². The van der Waals surface area contributed by atoms with E-state index >= 15 is 0 Å². The first-order valence-corrected chi connectivity index (χ1v) is 9.62. The molecule has 150 valence electrons. The van der Waals surface area contributed by atoms with Gasteiger partial charge in [0.15, 0.2) is 5.69 Å². The minimum absolute atomic E-state index is 0.141. The molecule has 1 aromatic carbocycles. The number of alkyl halides is 3. The van der Waals surface area contributed by atoms with Crippen LogP contribution in [-0.4, -0.2) is 62.5 Å². The zero-order valence-corrected chi connectivity index (χ0v) is 15.7. The molecule has 3 rings (SSSR count). The lowest BCUT2D eigenvalue weighted by atomic mass is 10.1. The Labute approximate surface area is 162 Å². The fourth-order valence-electron chi connectivity index (χ4n) is 2.82. The number of aromatic nitrogens is 3. The Kier molecular flexibility index (Phi) is 5.92. The molecule has 1 amide bonds. The molecular weight excluding hydrogens is 397 g/mol. The summed E-state index contributed by atoms with van der Waals surface area (Å²) in [6.07, 6.45) is -3.44. The predicted molar refractivity (Wildman–Crippen MR) is 95.1 cm³/mol. The molecule has 0 spiro atoms. The number of esters is 1. The fraction of sp³-hybridized carbons (Fsp3) is 0.412. The van der Waals surface area contributed by atoms with Crippen LogP contribution in [0.25, 0.3) is 5.69 Å². The first kappa shape index (κ1) is 20.2. The summed E-state index contributed by atoms with van der Waals surface area (Å²) in [4.78, 5) is 26.3. The molecule has 1 saturated heterocycles. The summed E-state index contributed by atoms with van der Waals surface area (Å²) in [6, 6.07) is 4.11. The van der Waals surface area contributed by atoms with Crippen LogP contribution in [0.4, 0.5) is 13.2 Å². The van der Waals surface area contributed by atoms with Gasteiger partial charge in [-0.25, -0.2) is 9.48 Å². The highest BCUT2D eigenvalue weighted by Gasteiger charge is 2.36. The second-order valence-corrected chi connectivity index (χ2v) is 7.05. The van der Waals surface area contributed by atoms with E-state index in [-0.39, 0.29) is 18.0 Å². The number of para-hydroxylation sites is 1. The summed E-state index contributed by atoms with van der Waals surface area (Å²) in [6.45, 7) is 2.16. The van der Waals surface area contributed by atoms with Crippen LogP contribution in [-0.2, 0) is 15.7 Å². The Morgan fingerprint density at radius 2 is 2.07 bits per heavy atom. The first-order chi connectivity index (χ1) is 13.3. The molecule has 7 nitrogen and oxygen atoms in total. The van der Waals surface area contributed by atoms with E-state index in [2.05, 4.69) is 10.3 Å². The van der Waals surface area contributed by atoms with Gasteiger partial charge in [-0.15, -0.1) is 5.10 Å². The maximum atomic E-state index is 13.2. The molecule has 2 aromatic rings. The summed E-state index contributed by atoms with van der Waals surface area (Å²) in [5, 5.41) is 7.41. The first-order valence-electron chi connectivity index (χ1n) is 8.47. The lowest BCUT2D eigenvalue weighted by Crippen LogP contribution is -2.51. The van der Waals surface area contributed by atoms with Crippen molar-refractivity contribution in [1.29, 1.82) is 0 Å². The van der Waals surface area contributed by atoms with Gasteiger partial charge in [0.1, 0.15) is 6.04 Å². The zero-order chi connectivity index (χ0) is 20.3. The lowest BCUT2D eigenvalue weighted by molar-refractivity contribution is -0.147. The number of amides is 1. The van der Waals surface area contributed by atoms with Crippen molar-refractivity contribution < 1.29 is 27.5 Å². The van der Waals surface area contributed by atoms with E-state index < -0.39 is 29.7 Å². The van der Waals surface area contributed by atoms with E-state index in [0.717, 1.165) is 16.9 Å². The molecule has 0 unspecified atom stereocenters. The predicted octanol–water partition coefficient (Wildman–Crippen LogP) is 2.41. The summed E-state index contributed by atoms with van der Waals surface area (Å²) in [7, 11) is 0. The van der Waals surface area contributed by atoms with E-state index in [0.29, 0.717) is 18.1 Å². The van der Waals surface area contributed by atoms with E-state index in [9.17, 15) is 22.8 Å². The number of hydrogen-bond acceptors (Lipinski definition) is 6. The van der Waals surface area contributed by atoms with Gasteiger partial charge in [-0.3, -0.25) is 4.79 Å². The highest BCUT2D eigenvalue weighted by Crippen LogP contribution is 2.33. The minimum atomic E-state index is -4.58. The van der Waals surface area contributed by atoms with Crippen LogP contribution in [0.3, 0.4) is 0 Å². The van der Waals surface area contributed by atoms with Gasteiger partial charge in [0.05, 0.1) is 24.1 Å². The van der Waals surface area contributed by atoms with E-state index in [4.69, 9.17) is 4.74 Å². The molecule has 2 heterocycles. The maximum Gasteiger partial charge on any atom is 0.418 e. The molecule has 1 aliphatic heterocycles. The number of carbonyl (C=O) groups excluding carboxylic acids is 2. The molecule has 28 heavy (non-hydrogen) atoms. The number of benzene rings is 1. The van der Waals surface area contributed by atoms with Crippen LogP contribution in [0.1, 0.15) is 23.0 Å². The summed E-state index contributed by atoms with van der Waals surface area (Å²) >= 11 is 1.52. The van der Waals surface area contributed by atoms with Crippen molar-refractivity contribution in [3.05, 3.63) is 41.7 Å². The number of halogens is 3. The summed E-state index contributed by atoms with van der Waals surface area (Å²) < 4.78 is 45.6. The highest BCUT2D eigenvalue weighted by molar-refractivity contribution is 7.99. The number of thioether (sulfide) groups is 1. The third-order valence-corrected chi connectivity index (χ3v) is 5.14. The van der Waals surface area contributed by atoms with Crippen molar-refractivity contribution in [2.45, 2.75) is 19.1 Å². The van der Waals surface area contributed by atoms with Crippen molar-refractivity contribution in [1.82, 2.24) is 19.9 Å². The molecule has 11 heteroatoms. The third-order valence-electron chi connectivity index (χ3n) is 4.12. The molecule has 1 aliphatic rings. The van der Waals surface area contributed by atoms with E-state index in [1.165, 1.54) is 34.9 Å². The maximum absolute atomic E-state index is 13.2. The van der Waals surface area contributed by atoms with Crippen LogP contribution < -0.4 is 0 Å². The Balaban J connectivity index is 1.88. The zero-order valence-electron chi connectivity index (χ0n) is 14.8. The number of nitrogens with zero attached hydrogens (tertiary/aromatic N) is 4. The Bertz CT molecular complexity index is 871. The SMILES string of the molecule is CCOC(=O)[C@@H]1CSCCN1C(=O)c1cn(-c2ccccc2C(F)(F)F)nn1. The quantitative estimate of drug-likeness (QED) is 0.715. The summed E-state index contributed by atoms with van der Waals surface area (Å²) in [5.74, 6) is -0.0746. The molecule has 1 fully saturated rings. The third kappa shape index (κ3) is 4.13. The van der Waals surface area contributed by atoms with Gasteiger partial charge < -0.3 is 9.64 Å². The van der Waals surface area contributed by atoms with Gasteiger partial charge in [0.25, 0.3) is 5.91 Å². The topological polar surface area (TPSA) is 77.3 Å². The van der Waals surface area contributed by atoms with Crippen molar-refractivity contribution in [2.24, 2.45) is 0 Å². The molecule has 0 bridgehead atoms. The normalized spacial score (nSPS) is 17.4. The molecule has 1 aromatic heterocycles. The molecule has 1 atom stereocenters. The van der Waals surface area contributed by atoms with Crippen molar-refractivity contribution in [3.8, 4) is 5.69 Å². The highest BCUT2D eigenvalue weighted by atomic mass is 32.2. The Morgan fingerprint density at radius 3 is 2.79 bits per heavy atom. The fourth-order valence-corrected chi connectivity index (χ4v) is 3.85. The monoisotopic (exact) mass is 414 g/mol. The molecule has 0 radical (unpaired) electrons. The standard InChI is InChI=1S/C17H17F3N4O3S/c1-2-27-16(26)14-10-28-8-7-23(14)15(25)12-9-24(22-21-12)13-6-4-3-5-11(13)17(18,19)20/h3-6,9,14H,2,7-8,10H2,1H3/t14-/m0/s1. The van der Waals surface area contributed by atoms with Crippen LogP contribution in [0.5, 0.6) is 0 Å². The van der Waals surface area contributed by atoms with Crippen LogP contribution in [0, 0.1) is 0 Å². The van der Waals surface area contributed by atoms with Crippen LogP contribution in [0.2, 0.25) is 0 Å². The van der Waals surface area contributed by atoms with Crippen molar-refractivity contribution in [2.75, 3.05) is 24.7 Å². The number of ether oxygens (including phenoxy) is 1. The molecule has 0 saturated carbocycles. The Hall–Kier alpha value is -2.56. The van der Waals surface area contributed by atoms with Gasteiger partial charge in [-0.05, 0) is 19.1 Å². The van der Waals surface area contributed by atoms with Gasteiger partial charge in [-0.2, -0.15) is 24.9 Å². The second-order valence-electron chi connectivity index (χ2n) is 5.90. The van der Waals surface area contributed by atoms with Gasteiger partial charge >= 0.3 is 12.1 Å². The number of hydrogen-bond donors (Lipinski definition) is 0. The minimum Gasteiger partial charge on any atom is -0.464 e.